The van der Waals surface area contributed by atoms with Crippen LogP contribution in [0.3, 0.4) is 0 Å². The number of benzene rings is 1. The molecule has 0 saturated carbocycles. The molecular formula is C19H15ClN2O5. The van der Waals surface area contributed by atoms with E-state index in [4.69, 9.17) is 25.5 Å². The molecule has 1 atom stereocenters. The summed E-state index contributed by atoms with van der Waals surface area (Å²) in [5.74, 6) is -0.281. The van der Waals surface area contributed by atoms with Crippen LogP contribution in [0.4, 0.5) is 5.69 Å². The van der Waals surface area contributed by atoms with Crippen molar-refractivity contribution >= 4 is 34.2 Å². The van der Waals surface area contributed by atoms with Gasteiger partial charge in [0.1, 0.15) is 22.4 Å². The van der Waals surface area contributed by atoms with E-state index >= 15 is 0 Å². The molecular weight excluding hydrogens is 372 g/mol. The number of aromatic nitrogens is 1. The van der Waals surface area contributed by atoms with Gasteiger partial charge in [-0.05, 0) is 18.2 Å². The molecule has 8 heteroatoms. The van der Waals surface area contributed by atoms with Crippen LogP contribution < -0.4 is 15.7 Å². The highest BCUT2D eigenvalue weighted by Gasteiger charge is 2.20. The molecule has 4 rings (SSSR count). The average molecular weight is 387 g/mol. The molecule has 1 amide bonds. The first kappa shape index (κ1) is 17.5. The fraction of sp³-hybridized carbons (Fsp3) is 0.211. The van der Waals surface area contributed by atoms with Gasteiger partial charge in [0.25, 0.3) is 5.91 Å². The average Bonchev–Trinajstić information content (AvgIpc) is 3.17. The molecule has 0 aliphatic carbocycles. The minimum Gasteiger partial charge on any atom is -0.471 e. The van der Waals surface area contributed by atoms with Crippen molar-refractivity contribution in [3.63, 3.8) is 0 Å². The summed E-state index contributed by atoms with van der Waals surface area (Å²) in [6.07, 6.45) is 2.00. The fourth-order valence-corrected chi connectivity index (χ4v) is 2.95. The summed E-state index contributed by atoms with van der Waals surface area (Å²) < 4.78 is 16.1. The van der Waals surface area contributed by atoms with Crippen LogP contribution in [-0.4, -0.2) is 30.2 Å². The molecule has 1 aromatic carbocycles. The van der Waals surface area contributed by atoms with Gasteiger partial charge in [-0.1, -0.05) is 29.8 Å². The molecule has 2 aromatic heterocycles. The molecule has 3 aromatic rings. The Morgan fingerprint density at radius 2 is 2.15 bits per heavy atom. The number of pyridine rings is 1. The zero-order chi connectivity index (χ0) is 18.8. The van der Waals surface area contributed by atoms with Crippen molar-refractivity contribution in [1.82, 2.24) is 4.98 Å². The maximum Gasteiger partial charge on any atom is 0.360 e. The molecule has 138 valence electrons. The van der Waals surface area contributed by atoms with E-state index in [-0.39, 0.29) is 28.3 Å². The summed E-state index contributed by atoms with van der Waals surface area (Å²) in [6.45, 7) is 1.12. The molecule has 1 fully saturated rings. The number of para-hydroxylation sites is 1. The van der Waals surface area contributed by atoms with Gasteiger partial charge in [0.2, 0.25) is 5.88 Å². The van der Waals surface area contributed by atoms with Gasteiger partial charge in [-0.15, -0.1) is 0 Å². The highest BCUT2D eigenvalue weighted by atomic mass is 35.5. The van der Waals surface area contributed by atoms with Crippen LogP contribution in [0.2, 0.25) is 5.02 Å². The number of rotatable bonds is 4. The molecule has 0 radical (unpaired) electrons. The summed E-state index contributed by atoms with van der Waals surface area (Å²) >= 11 is 6.18. The summed E-state index contributed by atoms with van der Waals surface area (Å²) in [5, 5.41) is 3.44. The number of amides is 1. The third-order valence-corrected chi connectivity index (χ3v) is 4.40. The van der Waals surface area contributed by atoms with E-state index in [1.54, 1.807) is 24.3 Å². The fourth-order valence-electron chi connectivity index (χ4n) is 2.74. The summed E-state index contributed by atoms with van der Waals surface area (Å²) in [7, 11) is 0. The normalized spacial score (nSPS) is 16.4. The van der Waals surface area contributed by atoms with Gasteiger partial charge in [0.05, 0.1) is 18.8 Å². The molecule has 1 aliphatic rings. The Hall–Kier alpha value is -2.90. The van der Waals surface area contributed by atoms with E-state index in [0.717, 1.165) is 6.42 Å². The van der Waals surface area contributed by atoms with E-state index in [1.807, 2.05) is 6.07 Å². The molecule has 0 bridgehead atoms. The Morgan fingerprint density at radius 1 is 1.30 bits per heavy atom. The van der Waals surface area contributed by atoms with E-state index in [0.29, 0.717) is 24.2 Å². The van der Waals surface area contributed by atoms with Gasteiger partial charge in [-0.3, -0.25) is 4.79 Å². The van der Waals surface area contributed by atoms with Gasteiger partial charge < -0.3 is 19.2 Å². The Bertz CT molecular complexity index is 1060. The lowest BCUT2D eigenvalue weighted by Gasteiger charge is -2.12. The number of carbonyl (C=O) groups excluding carboxylic acids is 1. The highest BCUT2D eigenvalue weighted by molar-refractivity contribution is 6.32. The number of halogens is 1. The van der Waals surface area contributed by atoms with Crippen LogP contribution in [-0.2, 0) is 4.74 Å². The lowest BCUT2D eigenvalue weighted by molar-refractivity contribution is 0.102. The Balaban J connectivity index is 1.53. The van der Waals surface area contributed by atoms with Gasteiger partial charge in [0, 0.05) is 18.0 Å². The summed E-state index contributed by atoms with van der Waals surface area (Å²) in [4.78, 5) is 28.6. The first-order valence-corrected chi connectivity index (χ1v) is 8.72. The van der Waals surface area contributed by atoms with Crippen molar-refractivity contribution < 1.29 is 18.7 Å². The summed E-state index contributed by atoms with van der Waals surface area (Å²) in [6, 6.07) is 10.0. The zero-order valence-electron chi connectivity index (χ0n) is 14.1. The van der Waals surface area contributed by atoms with Crippen LogP contribution in [0.15, 0.2) is 51.8 Å². The number of hydrogen-bond donors (Lipinski definition) is 1. The quantitative estimate of drug-likeness (QED) is 0.692. The van der Waals surface area contributed by atoms with Crippen molar-refractivity contribution in [2.75, 3.05) is 18.5 Å². The van der Waals surface area contributed by atoms with Crippen molar-refractivity contribution in [2.24, 2.45) is 0 Å². The minimum atomic E-state index is -0.637. The van der Waals surface area contributed by atoms with Gasteiger partial charge in [0.15, 0.2) is 0 Å². The largest absolute Gasteiger partial charge is 0.471 e. The van der Waals surface area contributed by atoms with Crippen LogP contribution >= 0.6 is 11.6 Å². The number of nitrogens with zero attached hydrogens (tertiary/aromatic N) is 1. The maximum absolute atomic E-state index is 12.5. The lowest BCUT2D eigenvalue weighted by Crippen LogP contribution is -2.19. The van der Waals surface area contributed by atoms with Crippen molar-refractivity contribution in [2.45, 2.75) is 12.5 Å². The number of hydrogen-bond acceptors (Lipinski definition) is 6. The number of nitrogens with one attached hydrogen (secondary N) is 1. The highest BCUT2D eigenvalue weighted by Crippen LogP contribution is 2.25. The maximum atomic E-state index is 12.5. The standard InChI is InChI=1S/C19H15ClN2O5/c20-14-7-12(9-21-18(14)26-13-5-6-25-10-13)17(23)22-15-8-11-3-1-2-4-16(11)27-19(15)24/h1-4,7-9,13H,5-6,10H2,(H,22,23)/t13-/m1/s1. The molecule has 1 aliphatic heterocycles. The van der Waals surface area contributed by atoms with E-state index < -0.39 is 11.5 Å². The molecule has 7 nitrogen and oxygen atoms in total. The first-order valence-electron chi connectivity index (χ1n) is 8.34. The minimum absolute atomic E-state index is 0.0400. The number of anilines is 1. The Kier molecular flexibility index (Phi) is 4.79. The van der Waals surface area contributed by atoms with Crippen LogP contribution in [0.25, 0.3) is 11.0 Å². The number of fused-ring (bicyclic) bond motifs is 1. The first-order chi connectivity index (χ1) is 13.1. The molecule has 27 heavy (non-hydrogen) atoms. The molecule has 1 saturated heterocycles. The van der Waals surface area contributed by atoms with Gasteiger partial charge in [-0.25, -0.2) is 9.78 Å². The number of ether oxygens (including phenoxy) is 2. The SMILES string of the molecule is O=C(Nc1cc2ccccc2oc1=O)c1cnc(O[C@@H]2CCOC2)c(Cl)c1. The van der Waals surface area contributed by atoms with Gasteiger partial charge in [-0.2, -0.15) is 0 Å². The second kappa shape index (κ2) is 7.38. The van der Waals surface area contributed by atoms with Crippen LogP contribution in [0.1, 0.15) is 16.8 Å². The zero-order valence-corrected chi connectivity index (χ0v) is 14.9. The third kappa shape index (κ3) is 3.79. The molecule has 0 unspecified atom stereocenters. The van der Waals surface area contributed by atoms with E-state index in [2.05, 4.69) is 10.3 Å². The molecule has 0 spiro atoms. The van der Waals surface area contributed by atoms with Crippen molar-refractivity contribution in [1.29, 1.82) is 0 Å². The monoisotopic (exact) mass is 386 g/mol. The summed E-state index contributed by atoms with van der Waals surface area (Å²) in [5.41, 5.74) is 0.0470. The van der Waals surface area contributed by atoms with E-state index in [1.165, 1.54) is 12.3 Å². The van der Waals surface area contributed by atoms with Crippen LogP contribution in [0.5, 0.6) is 5.88 Å². The number of carbonyl (C=O) groups is 1. The smallest absolute Gasteiger partial charge is 0.360 e. The third-order valence-electron chi connectivity index (χ3n) is 4.13. The topological polar surface area (TPSA) is 90.7 Å². The Labute approximate surface area is 158 Å². The van der Waals surface area contributed by atoms with Gasteiger partial charge >= 0.3 is 5.63 Å². The second-order valence-electron chi connectivity index (χ2n) is 6.05. The van der Waals surface area contributed by atoms with Crippen LogP contribution in [0, 0.1) is 0 Å². The van der Waals surface area contributed by atoms with Crippen molar-refractivity contribution in [3.8, 4) is 5.88 Å². The van der Waals surface area contributed by atoms with E-state index in [9.17, 15) is 9.59 Å². The molecule has 3 heterocycles. The Morgan fingerprint density at radius 3 is 2.93 bits per heavy atom. The predicted molar refractivity (Wildman–Crippen MR) is 99.5 cm³/mol. The van der Waals surface area contributed by atoms with Crippen molar-refractivity contribution in [3.05, 3.63) is 63.6 Å². The lowest BCUT2D eigenvalue weighted by atomic mass is 10.2. The second-order valence-corrected chi connectivity index (χ2v) is 6.46. The molecule has 1 N–H and O–H groups in total. The predicted octanol–water partition coefficient (Wildman–Crippen LogP) is 3.26.